The van der Waals surface area contributed by atoms with Crippen molar-refractivity contribution in [3.63, 3.8) is 0 Å². The van der Waals surface area contributed by atoms with E-state index in [1.807, 2.05) is 35.2 Å². The van der Waals surface area contributed by atoms with Crippen molar-refractivity contribution in [2.75, 3.05) is 6.54 Å². The summed E-state index contributed by atoms with van der Waals surface area (Å²) in [6.45, 7) is 0.852. The number of carbonyl (C=O) groups excluding carboxylic acids is 1. The number of nitrogen functional groups attached to an aromatic ring is 1. The number of nitrogens with one attached hydrogen (secondary N) is 1. The average molecular weight is 417 g/mol. The Labute approximate surface area is 180 Å². The molecule has 4 N–H and O–H groups in total. The van der Waals surface area contributed by atoms with Crippen LogP contribution >= 0.6 is 0 Å². The van der Waals surface area contributed by atoms with Crippen LogP contribution in [0.5, 0.6) is 5.75 Å². The van der Waals surface area contributed by atoms with Gasteiger partial charge in [-0.25, -0.2) is 4.79 Å². The van der Waals surface area contributed by atoms with Crippen molar-refractivity contribution in [2.24, 2.45) is 5.73 Å². The number of rotatable bonds is 9. The maximum Gasteiger partial charge on any atom is 0.343 e. The number of hydrogen-bond donors (Lipinski definition) is 3. The highest BCUT2D eigenvalue weighted by molar-refractivity contribution is 5.95. The Morgan fingerprint density at radius 3 is 1.94 bits per heavy atom. The second-order valence-electron chi connectivity index (χ2n) is 7.05. The van der Waals surface area contributed by atoms with Crippen molar-refractivity contribution in [2.45, 2.75) is 13.1 Å². The lowest BCUT2D eigenvalue weighted by Gasteiger charge is -2.20. The van der Waals surface area contributed by atoms with Gasteiger partial charge in [-0.15, -0.1) is 0 Å². The first kappa shape index (κ1) is 21.7. The molecule has 0 amide bonds. The lowest BCUT2D eigenvalue weighted by Crippen LogP contribution is -2.29. The molecule has 0 radical (unpaired) electrons. The maximum atomic E-state index is 12.4. The summed E-state index contributed by atoms with van der Waals surface area (Å²) in [5.74, 6) is -1.10. The average Bonchev–Trinajstić information content (AvgIpc) is 2.75. The summed E-state index contributed by atoms with van der Waals surface area (Å²) in [6, 6.07) is 22.9. The molecule has 0 atom stereocenters. The highest BCUT2D eigenvalue weighted by Crippen LogP contribution is 2.16. The Balaban J connectivity index is 1.64. The molecule has 3 rings (SSSR count). The highest BCUT2D eigenvalue weighted by Gasteiger charge is 2.13. The largest absolute Gasteiger partial charge is 0.480 e. The molecule has 0 aliphatic carbocycles. The molecule has 0 saturated heterocycles. The van der Waals surface area contributed by atoms with Gasteiger partial charge in [-0.1, -0.05) is 42.5 Å². The van der Waals surface area contributed by atoms with Gasteiger partial charge in [0.2, 0.25) is 0 Å². The number of carbonyl (C=O) groups is 2. The van der Waals surface area contributed by atoms with Crippen molar-refractivity contribution < 1.29 is 19.4 Å². The number of amidine groups is 1. The van der Waals surface area contributed by atoms with Crippen LogP contribution in [0.1, 0.15) is 27.0 Å². The van der Waals surface area contributed by atoms with Crippen LogP contribution in [0.25, 0.3) is 0 Å². The number of ether oxygens (including phenoxy) is 1. The van der Waals surface area contributed by atoms with E-state index in [0.717, 1.165) is 11.1 Å². The van der Waals surface area contributed by atoms with Crippen LogP contribution in [-0.2, 0) is 17.9 Å². The monoisotopic (exact) mass is 417 g/mol. The van der Waals surface area contributed by atoms with Crippen molar-refractivity contribution >= 4 is 17.8 Å². The SMILES string of the molecule is N=C(N)c1ccc(OC(=O)c2ccc(CN(CC(=O)O)Cc3ccccc3)cc2)cc1. The molecule has 158 valence electrons. The van der Waals surface area contributed by atoms with Crippen molar-refractivity contribution in [1.29, 1.82) is 5.41 Å². The van der Waals surface area contributed by atoms with Gasteiger partial charge < -0.3 is 15.6 Å². The van der Waals surface area contributed by atoms with E-state index in [9.17, 15) is 14.7 Å². The molecule has 0 aromatic heterocycles. The molecule has 7 heteroatoms. The van der Waals surface area contributed by atoms with Crippen LogP contribution in [0.15, 0.2) is 78.9 Å². The third-order valence-electron chi connectivity index (χ3n) is 4.58. The van der Waals surface area contributed by atoms with Gasteiger partial charge in [0.05, 0.1) is 12.1 Å². The lowest BCUT2D eigenvalue weighted by molar-refractivity contribution is -0.138. The van der Waals surface area contributed by atoms with E-state index in [1.54, 1.807) is 48.5 Å². The molecule has 0 unspecified atom stereocenters. The fourth-order valence-electron chi connectivity index (χ4n) is 3.07. The van der Waals surface area contributed by atoms with Crippen LogP contribution in [-0.4, -0.2) is 34.3 Å². The van der Waals surface area contributed by atoms with Gasteiger partial charge in [-0.05, 0) is 47.5 Å². The summed E-state index contributed by atoms with van der Waals surface area (Å²) in [6.07, 6.45) is 0. The molecule has 0 aliphatic heterocycles. The van der Waals surface area contributed by atoms with Gasteiger partial charge in [0.1, 0.15) is 11.6 Å². The highest BCUT2D eigenvalue weighted by atomic mass is 16.5. The third-order valence-corrected chi connectivity index (χ3v) is 4.58. The van der Waals surface area contributed by atoms with Gasteiger partial charge in [-0.3, -0.25) is 15.1 Å². The molecule has 3 aromatic carbocycles. The van der Waals surface area contributed by atoms with Crippen molar-refractivity contribution in [3.8, 4) is 5.75 Å². The fourth-order valence-corrected chi connectivity index (χ4v) is 3.07. The zero-order chi connectivity index (χ0) is 22.2. The number of carboxylic acids is 1. The Morgan fingerprint density at radius 2 is 1.39 bits per heavy atom. The second kappa shape index (κ2) is 10.2. The Morgan fingerprint density at radius 1 is 0.839 bits per heavy atom. The maximum absolute atomic E-state index is 12.4. The number of nitrogens with two attached hydrogens (primary N) is 1. The molecule has 0 spiro atoms. The molecule has 31 heavy (non-hydrogen) atoms. The zero-order valence-corrected chi connectivity index (χ0v) is 16.8. The second-order valence-corrected chi connectivity index (χ2v) is 7.05. The zero-order valence-electron chi connectivity index (χ0n) is 16.8. The van der Waals surface area contributed by atoms with Crippen LogP contribution in [0, 0.1) is 5.41 Å². The first-order valence-electron chi connectivity index (χ1n) is 9.64. The summed E-state index contributed by atoms with van der Waals surface area (Å²) >= 11 is 0. The molecular formula is C24H23N3O4. The van der Waals surface area contributed by atoms with Crippen LogP contribution < -0.4 is 10.5 Å². The van der Waals surface area contributed by atoms with E-state index >= 15 is 0 Å². The van der Waals surface area contributed by atoms with Crippen molar-refractivity contribution in [1.82, 2.24) is 4.90 Å². The predicted octanol–water partition coefficient (Wildman–Crippen LogP) is 3.28. The lowest BCUT2D eigenvalue weighted by atomic mass is 10.1. The van der Waals surface area contributed by atoms with Crippen LogP contribution in [0.4, 0.5) is 0 Å². The molecule has 3 aromatic rings. The van der Waals surface area contributed by atoms with Gasteiger partial charge in [0.15, 0.2) is 0 Å². The van der Waals surface area contributed by atoms with Crippen molar-refractivity contribution in [3.05, 3.63) is 101 Å². The molecular weight excluding hydrogens is 394 g/mol. The molecule has 0 fully saturated rings. The minimum absolute atomic E-state index is 0.0577. The molecule has 0 heterocycles. The number of carboxylic acid groups (broad SMARTS) is 1. The van der Waals surface area contributed by atoms with Gasteiger partial charge >= 0.3 is 11.9 Å². The Bertz CT molecular complexity index is 1050. The minimum atomic E-state index is -0.896. The number of benzene rings is 3. The molecule has 0 bridgehead atoms. The first-order valence-corrected chi connectivity index (χ1v) is 9.64. The minimum Gasteiger partial charge on any atom is -0.480 e. The van der Waals surface area contributed by atoms with E-state index < -0.39 is 11.9 Å². The standard InChI is InChI=1S/C24H23N3O4/c25-23(26)19-10-12-21(13-11-19)31-24(30)20-8-6-18(7-9-20)15-27(16-22(28)29)14-17-4-2-1-3-5-17/h1-13H,14-16H2,(H3,25,26)(H,28,29). The van der Waals surface area contributed by atoms with Gasteiger partial charge in [0, 0.05) is 18.7 Å². The first-order chi connectivity index (χ1) is 14.9. The van der Waals surface area contributed by atoms with Crippen LogP contribution in [0.2, 0.25) is 0 Å². The number of esters is 1. The summed E-state index contributed by atoms with van der Waals surface area (Å²) in [5, 5.41) is 16.6. The summed E-state index contributed by atoms with van der Waals surface area (Å²) < 4.78 is 5.35. The number of aliphatic carboxylic acids is 1. The topological polar surface area (TPSA) is 117 Å². The van der Waals surface area contributed by atoms with E-state index in [2.05, 4.69) is 0 Å². The number of hydrogen-bond acceptors (Lipinski definition) is 5. The fraction of sp³-hybridized carbons (Fsp3) is 0.125. The quantitative estimate of drug-likeness (QED) is 0.213. The van der Waals surface area contributed by atoms with Gasteiger partial charge in [0.25, 0.3) is 0 Å². The molecule has 0 aliphatic rings. The van der Waals surface area contributed by atoms with E-state index in [1.165, 1.54) is 0 Å². The smallest absolute Gasteiger partial charge is 0.343 e. The van der Waals surface area contributed by atoms with Crippen LogP contribution in [0.3, 0.4) is 0 Å². The molecule has 7 nitrogen and oxygen atoms in total. The Kier molecular flexibility index (Phi) is 7.13. The third kappa shape index (κ3) is 6.52. The van der Waals surface area contributed by atoms with E-state index in [4.69, 9.17) is 15.9 Å². The predicted molar refractivity (Wildman–Crippen MR) is 117 cm³/mol. The summed E-state index contributed by atoms with van der Waals surface area (Å²) in [5.41, 5.74) is 8.26. The normalized spacial score (nSPS) is 10.6. The Hall–Kier alpha value is -3.97. The molecule has 0 saturated carbocycles. The number of nitrogens with zero attached hydrogens (tertiary/aromatic N) is 1. The van der Waals surface area contributed by atoms with E-state index in [0.29, 0.717) is 30.0 Å². The summed E-state index contributed by atoms with van der Waals surface area (Å²) in [7, 11) is 0. The summed E-state index contributed by atoms with van der Waals surface area (Å²) in [4.78, 5) is 25.4. The van der Waals surface area contributed by atoms with E-state index in [-0.39, 0.29) is 12.4 Å². The van der Waals surface area contributed by atoms with Gasteiger partial charge in [-0.2, -0.15) is 0 Å².